The van der Waals surface area contributed by atoms with Crippen LogP contribution in [0.25, 0.3) is 22.1 Å². The third-order valence-electron chi connectivity index (χ3n) is 8.46. The number of aromatic nitrogens is 4. The molecule has 0 unspecified atom stereocenters. The maximum atomic E-state index is 6.20. The molecule has 8 N–H and O–H groups in total. The summed E-state index contributed by atoms with van der Waals surface area (Å²) in [4.78, 5) is 22.0. The van der Waals surface area contributed by atoms with Crippen LogP contribution in [0.2, 0.25) is 10.0 Å². The van der Waals surface area contributed by atoms with Crippen molar-refractivity contribution in [1.29, 1.82) is 0 Å². The molecular formula is C41H53Cl2N9S2. The van der Waals surface area contributed by atoms with Gasteiger partial charge in [0.2, 0.25) is 0 Å². The summed E-state index contributed by atoms with van der Waals surface area (Å²) in [6.07, 6.45) is 10.9. The molecule has 4 heterocycles. The minimum absolute atomic E-state index is 0.434. The van der Waals surface area contributed by atoms with Crippen LogP contribution in [-0.4, -0.2) is 54.5 Å². The molecule has 0 spiro atoms. The predicted octanol–water partition coefficient (Wildman–Crippen LogP) is 10.3. The van der Waals surface area contributed by atoms with E-state index in [1.54, 1.807) is 24.4 Å². The molecule has 6 aromatic rings. The summed E-state index contributed by atoms with van der Waals surface area (Å²) in [5.74, 6) is 0. The Morgan fingerprint density at radius 1 is 0.778 bits per heavy atom. The van der Waals surface area contributed by atoms with E-state index in [1.807, 2.05) is 48.9 Å². The first kappa shape index (κ1) is 44.2. The van der Waals surface area contributed by atoms with Gasteiger partial charge in [0.15, 0.2) is 0 Å². The van der Waals surface area contributed by atoms with E-state index in [0.29, 0.717) is 23.8 Å². The molecule has 13 heteroatoms. The van der Waals surface area contributed by atoms with Crippen molar-refractivity contribution in [3.05, 3.63) is 118 Å². The van der Waals surface area contributed by atoms with E-state index in [9.17, 15) is 0 Å². The number of pyridine rings is 2. The van der Waals surface area contributed by atoms with Crippen molar-refractivity contribution in [3.8, 4) is 0 Å². The van der Waals surface area contributed by atoms with E-state index in [4.69, 9.17) is 54.0 Å². The number of aryl methyl sites for hydroxylation is 2. The van der Waals surface area contributed by atoms with Crippen molar-refractivity contribution in [2.24, 2.45) is 10.7 Å². The summed E-state index contributed by atoms with van der Waals surface area (Å²) in [6.45, 7) is 11.1. The van der Waals surface area contributed by atoms with Crippen molar-refractivity contribution >= 4 is 91.1 Å². The van der Waals surface area contributed by atoms with Gasteiger partial charge in [0.1, 0.15) is 11.3 Å². The predicted molar refractivity (Wildman–Crippen MR) is 240 cm³/mol. The summed E-state index contributed by atoms with van der Waals surface area (Å²) in [6, 6.07) is 18.9. The van der Waals surface area contributed by atoms with E-state index in [0.717, 1.165) is 74.6 Å². The maximum Gasteiger partial charge on any atom is 0.137 e. The molecule has 0 aliphatic heterocycles. The van der Waals surface area contributed by atoms with Crippen LogP contribution in [0.1, 0.15) is 64.6 Å². The Bertz CT molecular complexity index is 2070. The number of nitrogens with two attached hydrogens (primary N) is 3. The van der Waals surface area contributed by atoms with Gasteiger partial charge in [-0.15, -0.1) is 0 Å². The Morgan fingerprint density at radius 2 is 1.26 bits per heavy atom. The van der Waals surface area contributed by atoms with Gasteiger partial charge in [-0.3, -0.25) is 0 Å². The highest BCUT2D eigenvalue weighted by Crippen LogP contribution is 2.22. The first-order valence-electron chi connectivity index (χ1n) is 18.5. The molecule has 0 aliphatic carbocycles. The fourth-order valence-electron chi connectivity index (χ4n) is 5.39. The third-order valence-corrected chi connectivity index (χ3v) is 9.74. The first-order chi connectivity index (χ1) is 26.6. The first-order valence-corrected chi connectivity index (χ1v) is 19.1. The van der Waals surface area contributed by atoms with Gasteiger partial charge in [-0.25, -0.2) is 15.0 Å². The second-order valence-corrected chi connectivity index (χ2v) is 13.5. The lowest BCUT2D eigenvalue weighted by Gasteiger charge is -2.13. The number of halogens is 2. The molecule has 0 aliphatic rings. The molecule has 0 saturated heterocycles. The molecule has 4 aromatic heterocycles. The van der Waals surface area contributed by atoms with Gasteiger partial charge in [0.05, 0.1) is 11.7 Å². The van der Waals surface area contributed by atoms with Gasteiger partial charge in [-0.2, -0.15) is 0 Å². The number of benzene rings is 2. The van der Waals surface area contributed by atoms with Crippen molar-refractivity contribution < 1.29 is 1.37 Å². The number of aliphatic imine (C=N–C) groups is 1. The summed E-state index contributed by atoms with van der Waals surface area (Å²) in [7, 11) is 1.25. The van der Waals surface area contributed by atoms with E-state index in [1.165, 1.54) is 38.0 Å². The molecule has 0 amide bonds. The van der Waals surface area contributed by atoms with Gasteiger partial charge < -0.3 is 32.1 Å². The number of hydrogen-bond acceptors (Lipinski definition) is 9. The fourth-order valence-corrected chi connectivity index (χ4v) is 6.07. The average molecular weight is 808 g/mol. The minimum atomic E-state index is 0.434. The number of hydrogen-bond donors (Lipinski definition) is 5. The molecule has 54 heavy (non-hydrogen) atoms. The topological polar surface area (TPSA) is 151 Å². The van der Waals surface area contributed by atoms with Crippen LogP contribution in [0.5, 0.6) is 0 Å². The molecule has 288 valence electrons. The number of nitrogens with one attached hydrogen (secondary N) is 2. The van der Waals surface area contributed by atoms with Crippen molar-refractivity contribution in [1.82, 2.24) is 24.8 Å². The summed E-state index contributed by atoms with van der Waals surface area (Å²) in [5.41, 5.74) is 24.3. The van der Waals surface area contributed by atoms with Crippen molar-refractivity contribution in [3.63, 3.8) is 0 Å². The van der Waals surface area contributed by atoms with Crippen LogP contribution in [0.4, 0.5) is 11.4 Å². The highest BCUT2D eigenvalue weighted by molar-refractivity contribution is 7.80. The fraction of sp³-hybridized carbons (Fsp3) is 0.317. The van der Waals surface area contributed by atoms with Gasteiger partial charge in [-0.05, 0) is 145 Å². The largest absolute Gasteiger partial charge is 0.399 e. The number of thiocarbonyl (C=S) groups is 2. The zero-order valence-electron chi connectivity index (χ0n) is 32.5. The van der Waals surface area contributed by atoms with E-state index >= 15 is 0 Å². The lowest BCUT2D eigenvalue weighted by atomic mass is 10.0. The Balaban J connectivity index is 0.000000276. The molecule has 0 saturated carbocycles. The van der Waals surface area contributed by atoms with Crippen LogP contribution in [0.15, 0.2) is 90.4 Å². The molecule has 0 fully saturated rings. The summed E-state index contributed by atoms with van der Waals surface area (Å²) >= 11 is 22.0. The van der Waals surface area contributed by atoms with Gasteiger partial charge >= 0.3 is 0 Å². The quantitative estimate of drug-likeness (QED) is 0.0466. The van der Waals surface area contributed by atoms with Gasteiger partial charge in [-0.1, -0.05) is 63.6 Å². The molecule has 2 aromatic carbocycles. The lowest BCUT2D eigenvalue weighted by Crippen LogP contribution is -2.21. The molecule has 0 radical (unpaired) electrons. The van der Waals surface area contributed by atoms with Crippen LogP contribution in [0.3, 0.4) is 0 Å². The lowest BCUT2D eigenvalue weighted by molar-refractivity contribution is 0.321. The standard InChI is InChI=1S/C18H18ClN3S.C9H7N3S.C7H9ClN2.C6H15N.CH4/c19-17-6-3-14(20)11-13(17)2-5-15(23)4-1-12-7-9-21-18-16(12)8-10-22-18;13-6-10-5-7-1-3-11-9-8(7)2-4-12-9;8-7-2-1-6(10)3-5(7)4-9;1-4-7(5-2)6-3;/h3,6-11H,1-2,4-5,20H2,(H,21,22);1-4H,5H2,(H,11,12);1-3H,4,9-10H2;4-6H2,1-3H3;1H4/i;;;;1D. The highest BCUT2D eigenvalue weighted by atomic mass is 35.5. The Morgan fingerprint density at radius 3 is 1.74 bits per heavy atom. The van der Waals surface area contributed by atoms with E-state index in [2.05, 4.69) is 80.1 Å². The van der Waals surface area contributed by atoms with Crippen molar-refractivity contribution in [2.75, 3.05) is 31.1 Å². The number of nitrogen functional groups attached to an aromatic ring is 2. The monoisotopic (exact) mass is 806 g/mol. The summed E-state index contributed by atoms with van der Waals surface area (Å²) in [5, 5.41) is 6.05. The normalized spacial score (nSPS) is 10.3. The molecular weight excluding hydrogens is 754 g/mol. The van der Waals surface area contributed by atoms with E-state index < -0.39 is 0 Å². The van der Waals surface area contributed by atoms with Crippen LogP contribution < -0.4 is 17.2 Å². The van der Waals surface area contributed by atoms with E-state index in [-0.39, 0.29) is 0 Å². The second kappa shape index (κ2) is 25.0. The van der Waals surface area contributed by atoms with Gasteiger partial charge in [0.25, 0.3) is 0 Å². The third kappa shape index (κ3) is 14.9. The number of isothiocyanates is 1. The highest BCUT2D eigenvalue weighted by Gasteiger charge is 2.07. The minimum Gasteiger partial charge on any atom is -0.399 e. The number of aromatic amines is 2. The number of rotatable bonds is 12. The summed E-state index contributed by atoms with van der Waals surface area (Å²) < 4.78 is 5.75. The Hall–Kier alpha value is -4.19. The zero-order chi connectivity index (χ0) is 40.6. The Kier molecular flexibility index (Phi) is 20.5. The second-order valence-electron chi connectivity index (χ2n) is 11.9. The maximum absolute atomic E-state index is 6.20. The van der Waals surface area contributed by atoms with Crippen LogP contribution >= 0.6 is 47.6 Å². The molecule has 6 rings (SSSR count). The smallest absolute Gasteiger partial charge is 0.137 e. The van der Waals surface area contributed by atoms with Crippen molar-refractivity contribution in [2.45, 2.75) is 66.9 Å². The zero-order valence-corrected chi connectivity index (χ0v) is 34.7. The number of nitrogens with zero attached hydrogens (tertiary/aromatic N) is 4. The number of H-pyrrole nitrogens is 2. The number of anilines is 2. The Labute approximate surface area is 342 Å². The van der Waals surface area contributed by atoms with Gasteiger partial charge in [0, 0.05) is 64.9 Å². The number of fused-ring (bicyclic) bond motifs is 2. The molecule has 0 atom stereocenters. The van der Waals surface area contributed by atoms with Crippen LogP contribution in [-0.2, 0) is 25.9 Å². The molecule has 9 nitrogen and oxygen atoms in total. The SMILES string of the molecule is CCN(CC)CC.NCc1cc(N)ccc1Cl.Nc1ccc(Cl)c(CCC(=S)CCc2ccnc3[nH]ccc23)c1.S=C=NCc1ccnc2[nH]ccc12.[2H]C. The average Bonchev–Trinajstić information content (AvgIpc) is 3.91. The van der Waals surface area contributed by atoms with Crippen LogP contribution in [0, 0.1) is 0 Å². The molecule has 0 bridgehead atoms.